The summed E-state index contributed by atoms with van der Waals surface area (Å²) in [6.07, 6.45) is 0.523. The van der Waals surface area contributed by atoms with Gasteiger partial charge in [-0.3, -0.25) is 4.99 Å². The van der Waals surface area contributed by atoms with Gasteiger partial charge in [0.25, 0.3) is 0 Å². The summed E-state index contributed by atoms with van der Waals surface area (Å²) in [5.41, 5.74) is 1.50. The third-order valence-corrected chi connectivity index (χ3v) is 5.99. The summed E-state index contributed by atoms with van der Waals surface area (Å²) >= 11 is 5.92. The molecule has 182 valence electrons. The van der Waals surface area contributed by atoms with Crippen LogP contribution >= 0.6 is 11.6 Å². The normalized spacial score (nSPS) is 15.8. The first-order valence-electron chi connectivity index (χ1n) is 10.7. The third kappa shape index (κ3) is 4.29. The molecule has 2 aliphatic heterocycles. The number of aromatic nitrogens is 2. The number of ether oxygens (including phenoxy) is 2. The van der Waals surface area contributed by atoms with E-state index in [1.54, 1.807) is 29.5 Å². The Balaban J connectivity index is 1.60. The second-order valence-electron chi connectivity index (χ2n) is 8.01. The number of methoxy groups -OCH3 is 1. The van der Waals surface area contributed by atoms with Crippen molar-refractivity contribution in [3.8, 4) is 11.4 Å². The van der Waals surface area contributed by atoms with Crippen LogP contribution in [-0.2, 0) is 10.9 Å². The number of hydrogen-bond acceptors (Lipinski definition) is 6. The van der Waals surface area contributed by atoms with Crippen LogP contribution in [0.5, 0.6) is 5.75 Å². The van der Waals surface area contributed by atoms with E-state index in [1.807, 2.05) is 35.9 Å². The number of rotatable bonds is 4. The Morgan fingerprint density at radius 3 is 2.60 bits per heavy atom. The maximum absolute atomic E-state index is 13.9. The average molecular weight is 504 g/mol. The Labute approximate surface area is 204 Å². The number of nitrogens with zero attached hydrogens (tertiary/aromatic N) is 5. The summed E-state index contributed by atoms with van der Waals surface area (Å²) in [4.78, 5) is 12.0. The number of anilines is 2. The largest absolute Gasteiger partial charge is 0.494 e. The van der Waals surface area contributed by atoms with E-state index in [1.165, 1.54) is 12.1 Å². The molecule has 0 saturated heterocycles. The standard InChI is InChI=1S/C24H21ClF3N5O2/c1-15-12-31(14-30-15)20-6-4-17(10-21(20)34-2)33-13-29-11-22-23(33)32(7-8-35-22)19-5-3-16(25)9-18(19)24(26,27)28/h3-6,9-12,14H,7-8,13H2,1-2H3. The zero-order valence-corrected chi connectivity index (χ0v) is 19.6. The summed E-state index contributed by atoms with van der Waals surface area (Å²) in [6.45, 7) is 2.51. The quantitative estimate of drug-likeness (QED) is 0.476. The predicted octanol–water partition coefficient (Wildman–Crippen LogP) is 5.42. The molecule has 0 aliphatic carbocycles. The summed E-state index contributed by atoms with van der Waals surface area (Å²) in [7, 11) is 1.56. The first-order chi connectivity index (χ1) is 16.8. The molecule has 0 unspecified atom stereocenters. The lowest BCUT2D eigenvalue weighted by Gasteiger charge is -2.41. The maximum atomic E-state index is 13.9. The van der Waals surface area contributed by atoms with E-state index in [4.69, 9.17) is 21.1 Å². The number of aryl methyl sites for hydroxylation is 1. The Hall–Kier alpha value is -3.66. The molecule has 0 fully saturated rings. The van der Waals surface area contributed by atoms with Crippen LogP contribution in [-0.4, -0.2) is 42.7 Å². The highest BCUT2D eigenvalue weighted by atomic mass is 35.5. The molecule has 0 amide bonds. The minimum Gasteiger partial charge on any atom is -0.494 e. The first kappa shape index (κ1) is 23.1. The second-order valence-corrected chi connectivity index (χ2v) is 8.44. The molecule has 0 spiro atoms. The van der Waals surface area contributed by atoms with Crippen molar-refractivity contribution in [2.45, 2.75) is 13.1 Å². The number of alkyl halides is 3. The van der Waals surface area contributed by atoms with Crippen molar-refractivity contribution >= 4 is 29.2 Å². The van der Waals surface area contributed by atoms with Gasteiger partial charge in [-0.2, -0.15) is 13.2 Å². The number of aliphatic imine (C=N–C) groups is 1. The monoisotopic (exact) mass is 503 g/mol. The summed E-state index contributed by atoms with van der Waals surface area (Å²) in [5.74, 6) is 1.42. The fourth-order valence-electron chi connectivity index (χ4n) is 4.21. The van der Waals surface area contributed by atoms with Gasteiger partial charge in [0.15, 0.2) is 11.6 Å². The van der Waals surface area contributed by atoms with E-state index in [2.05, 4.69) is 9.98 Å². The number of halogens is 4. The van der Waals surface area contributed by atoms with Crippen LogP contribution in [0.25, 0.3) is 5.69 Å². The van der Waals surface area contributed by atoms with Crippen LogP contribution in [0.15, 0.2) is 65.5 Å². The highest BCUT2D eigenvalue weighted by molar-refractivity contribution is 6.30. The van der Waals surface area contributed by atoms with Crippen LogP contribution in [0, 0.1) is 6.92 Å². The molecule has 7 nitrogen and oxygen atoms in total. The average Bonchev–Trinajstić information content (AvgIpc) is 3.28. The van der Waals surface area contributed by atoms with E-state index in [-0.39, 0.29) is 30.5 Å². The van der Waals surface area contributed by atoms with Gasteiger partial charge in [-0.25, -0.2) is 4.98 Å². The van der Waals surface area contributed by atoms with Gasteiger partial charge in [0.2, 0.25) is 0 Å². The first-order valence-corrected chi connectivity index (χ1v) is 11.1. The molecular weight excluding hydrogens is 483 g/mol. The lowest BCUT2D eigenvalue weighted by Crippen LogP contribution is -2.44. The fourth-order valence-corrected chi connectivity index (χ4v) is 4.38. The molecule has 2 aromatic carbocycles. The van der Waals surface area contributed by atoms with Crippen molar-refractivity contribution in [1.29, 1.82) is 0 Å². The molecule has 2 aliphatic rings. The molecule has 35 heavy (non-hydrogen) atoms. The zero-order valence-electron chi connectivity index (χ0n) is 18.9. The van der Waals surface area contributed by atoms with Crippen molar-refractivity contribution in [2.24, 2.45) is 4.99 Å². The molecule has 0 saturated carbocycles. The maximum Gasteiger partial charge on any atom is 0.418 e. The van der Waals surface area contributed by atoms with Crippen LogP contribution in [0.2, 0.25) is 5.02 Å². The number of imidazole rings is 1. The molecule has 0 bridgehead atoms. The topological polar surface area (TPSA) is 55.1 Å². The molecule has 0 radical (unpaired) electrons. The highest BCUT2D eigenvalue weighted by Gasteiger charge is 2.38. The van der Waals surface area contributed by atoms with Gasteiger partial charge in [-0.15, -0.1) is 0 Å². The molecule has 0 N–H and O–H groups in total. The SMILES string of the molecule is COc1cc(N2CN=CC3=C2N(c2ccc(Cl)cc2C(F)(F)F)CCO3)ccc1-n1cnc(C)c1. The summed E-state index contributed by atoms with van der Waals surface area (Å²) in [5, 5.41) is 0.0145. The molecule has 1 aromatic heterocycles. The fraction of sp³-hybridized carbons (Fsp3) is 0.250. The van der Waals surface area contributed by atoms with E-state index >= 15 is 0 Å². The third-order valence-electron chi connectivity index (χ3n) is 5.76. The molecule has 11 heteroatoms. The highest BCUT2D eigenvalue weighted by Crippen LogP contribution is 2.42. The number of allylic oxidation sites excluding steroid dienone is 1. The lowest BCUT2D eigenvalue weighted by atomic mass is 10.1. The van der Waals surface area contributed by atoms with E-state index in [0.29, 0.717) is 23.0 Å². The van der Waals surface area contributed by atoms with Gasteiger partial charge in [0.1, 0.15) is 19.0 Å². The molecule has 5 rings (SSSR count). The predicted molar refractivity (Wildman–Crippen MR) is 127 cm³/mol. The van der Waals surface area contributed by atoms with E-state index in [9.17, 15) is 13.2 Å². The van der Waals surface area contributed by atoms with Crippen LogP contribution in [0.1, 0.15) is 11.3 Å². The van der Waals surface area contributed by atoms with Gasteiger partial charge >= 0.3 is 6.18 Å². The van der Waals surface area contributed by atoms with Crippen molar-refractivity contribution in [2.75, 3.05) is 36.7 Å². The second kappa shape index (κ2) is 8.84. The lowest BCUT2D eigenvalue weighted by molar-refractivity contribution is -0.137. The Bertz CT molecular complexity index is 1330. The Morgan fingerprint density at radius 1 is 1.09 bits per heavy atom. The molecule has 0 atom stereocenters. The number of benzene rings is 2. The van der Waals surface area contributed by atoms with Gasteiger partial charge < -0.3 is 23.8 Å². The van der Waals surface area contributed by atoms with Gasteiger partial charge in [-0.05, 0) is 37.3 Å². The molecule has 3 heterocycles. The Kier molecular flexibility index (Phi) is 5.84. The van der Waals surface area contributed by atoms with Gasteiger partial charge in [0, 0.05) is 23.0 Å². The van der Waals surface area contributed by atoms with Crippen molar-refractivity contribution in [3.63, 3.8) is 0 Å². The van der Waals surface area contributed by atoms with Crippen LogP contribution < -0.4 is 14.5 Å². The van der Waals surface area contributed by atoms with Crippen LogP contribution in [0.4, 0.5) is 24.5 Å². The molecule has 3 aromatic rings. The minimum atomic E-state index is -4.58. The van der Waals surface area contributed by atoms with Crippen molar-refractivity contribution < 1.29 is 22.6 Å². The van der Waals surface area contributed by atoms with E-state index in [0.717, 1.165) is 17.4 Å². The summed E-state index contributed by atoms with van der Waals surface area (Å²) in [6, 6.07) is 9.32. The van der Waals surface area contributed by atoms with Gasteiger partial charge in [-0.1, -0.05) is 11.6 Å². The van der Waals surface area contributed by atoms with Crippen LogP contribution in [0.3, 0.4) is 0 Å². The smallest absolute Gasteiger partial charge is 0.418 e. The minimum absolute atomic E-state index is 0.00419. The number of hydrogen-bond donors (Lipinski definition) is 0. The van der Waals surface area contributed by atoms with Crippen molar-refractivity contribution in [1.82, 2.24) is 9.55 Å². The Morgan fingerprint density at radius 2 is 1.89 bits per heavy atom. The van der Waals surface area contributed by atoms with Crippen molar-refractivity contribution in [3.05, 3.63) is 76.8 Å². The summed E-state index contributed by atoms with van der Waals surface area (Å²) < 4.78 is 55.1. The zero-order chi connectivity index (χ0) is 24.7. The molecular formula is C24H21ClF3N5O2. The van der Waals surface area contributed by atoms with E-state index < -0.39 is 11.7 Å². The van der Waals surface area contributed by atoms with Gasteiger partial charge in [0.05, 0.1) is 48.8 Å².